The van der Waals surface area contributed by atoms with Crippen molar-refractivity contribution in [2.24, 2.45) is 0 Å². The number of hydrogen-bond donors (Lipinski definition) is 2. The fraction of sp³-hybridized carbons (Fsp3) is 0.650. The van der Waals surface area contributed by atoms with Crippen molar-refractivity contribution < 1.29 is 15.0 Å². The molecule has 0 bridgehead atoms. The highest BCUT2D eigenvalue weighted by molar-refractivity contribution is 5.66. The van der Waals surface area contributed by atoms with E-state index in [0.29, 0.717) is 6.61 Å². The molecule has 0 aliphatic carbocycles. The zero-order valence-corrected chi connectivity index (χ0v) is 14.5. The molecule has 0 aromatic rings. The Balaban J connectivity index is 3.30. The van der Waals surface area contributed by atoms with E-state index in [9.17, 15) is 4.79 Å². The van der Waals surface area contributed by atoms with Crippen LogP contribution in [-0.2, 0) is 4.79 Å². The van der Waals surface area contributed by atoms with Crippen LogP contribution in [0.1, 0.15) is 77.0 Å². The van der Waals surface area contributed by atoms with Crippen molar-refractivity contribution >= 4 is 5.97 Å². The lowest BCUT2D eigenvalue weighted by Crippen LogP contribution is -1.92. The standard InChI is InChI=1S/C20H34O3/c21-19-17-15-13-11-9-7-5-3-1-2-4-6-8-10-12-14-16-18-20(22)23/h1,3-4,6,8,10,21H,2,5,7,9,11-19H2,(H,22,23)/b3-1+,6-4+,10-8+. The molecule has 0 atom stereocenters. The minimum Gasteiger partial charge on any atom is -0.481 e. The molecule has 0 unspecified atom stereocenters. The second kappa shape index (κ2) is 18.7. The first kappa shape index (κ1) is 21.6. The Morgan fingerprint density at radius 1 is 0.696 bits per heavy atom. The van der Waals surface area contributed by atoms with Gasteiger partial charge in [0.2, 0.25) is 0 Å². The van der Waals surface area contributed by atoms with Crippen molar-refractivity contribution in [2.75, 3.05) is 6.61 Å². The zero-order chi connectivity index (χ0) is 17.0. The summed E-state index contributed by atoms with van der Waals surface area (Å²) in [5.74, 6) is -0.706. The molecule has 0 aromatic heterocycles. The molecule has 0 aromatic carbocycles. The molecule has 0 aliphatic rings. The van der Waals surface area contributed by atoms with Gasteiger partial charge < -0.3 is 10.2 Å². The van der Waals surface area contributed by atoms with Crippen molar-refractivity contribution in [2.45, 2.75) is 77.0 Å². The molecule has 0 saturated heterocycles. The average molecular weight is 322 g/mol. The van der Waals surface area contributed by atoms with Gasteiger partial charge in [-0.1, -0.05) is 62.1 Å². The summed E-state index contributed by atoms with van der Waals surface area (Å²) < 4.78 is 0. The van der Waals surface area contributed by atoms with Crippen molar-refractivity contribution in [3.05, 3.63) is 36.5 Å². The van der Waals surface area contributed by atoms with Crippen LogP contribution in [0.3, 0.4) is 0 Å². The molecule has 0 radical (unpaired) electrons. The Hall–Kier alpha value is -1.35. The second-order valence-corrected chi connectivity index (χ2v) is 5.84. The molecule has 0 rings (SSSR count). The third-order valence-corrected chi connectivity index (χ3v) is 3.61. The number of aliphatic hydroxyl groups is 1. The summed E-state index contributed by atoms with van der Waals surface area (Å²) in [4.78, 5) is 10.3. The third-order valence-electron chi connectivity index (χ3n) is 3.61. The fourth-order valence-corrected chi connectivity index (χ4v) is 2.24. The van der Waals surface area contributed by atoms with Crippen molar-refractivity contribution in [1.29, 1.82) is 0 Å². The maximum atomic E-state index is 10.3. The number of hydrogen-bond acceptors (Lipinski definition) is 2. The summed E-state index contributed by atoms with van der Waals surface area (Å²) in [6, 6.07) is 0. The Morgan fingerprint density at radius 3 is 2.04 bits per heavy atom. The molecule has 0 saturated carbocycles. The van der Waals surface area contributed by atoms with Gasteiger partial charge in [0.1, 0.15) is 0 Å². The first-order valence-electron chi connectivity index (χ1n) is 9.06. The highest BCUT2D eigenvalue weighted by Crippen LogP contribution is 2.07. The number of carbonyl (C=O) groups is 1. The molecule has 3 heteroatoms. The third kappa shape index (κ3) is 20.6. The van der Waals surface area contributed by atoms with Crippen LogP contribution in [0.4, 0.5) is 0 Å². The van der Waals surface area contributed by atoms with E-state index < -0.39 is 5.97 Å². The van der Waals surface area contributed by atoms with Crippen LogP contribution >= 0.6 is 0 Å². The Morgan fingerprint density at radius 2 is 1.30 bits per heavy atom. The van der Waals surface area contributed by atoms with E-state index in [0.717, 1.165) is 44.9 Å². The van der Waals surface area contributed by atoms with E-state index in [1.165, 1.54) is 25.7 Å². The van der Waals surface area contributed by atoms with Gasteiger partial charge in [-0.3, -0.25) is 4.79 Å². The van der Waals surface area contributed by atoms with Crippen molar-refractivity contribution in [3.8, 4) is 0 Å². The smallest absolute Gasteiger partial charge is 0.303 e. The second-order valence-electron chi connectivity index (χ2n) is 5.84. The van der Waals surface area contributed by atoms with Crippen LogP contribution in [0.2, 0.25) is 0 Å². The number of carboxylic acids is 1. The van der Waals surface area contributed by atoms with Gasteiger partial charge in [-0.25, -0.2) is 0 Å². The number of carboxylic acid groups (broad SMARTS) is 1. The maximum Gasteiger partial charge on any atom is 0.303 e. The number of allylic oxidation sites excluding steroid dienone is 6. The summed E-state index contributed by atoms with van der Waals surface area (Å²) in [6.45, 7) is 0.330. The van der Waals surface area contributed by atoms with Gasteiger partial charge in [0.25, 0.3) is 0 Å². The van der Waals surface area contributed by atoms with Gasteiger partial charge in [0, 0.05) is 13.0 Å². The van der Waals surface area contributed by atoms with Crippen molar-refractivity contribution in [1.82, 2.24) is 0 Å². The fourth-order valence-electron chi connectivity index (χ4n) is 2.24. The van der Waals surface area contributed by atoms with E-state index in [4.69, 9.17) is 10.2 Å². The Bertz CT molecular complexity index is 343. The van der Waals surface area contributed by atoms with Crippen LogP contribution in [0.5, 0.6) is 0 Å². The lowest BCUT2D eigenvalue weighted by Gasteiger charge is -1.98. The molecule has 0 fully saturated rings. The first-order chi connectivity index (χ1) is 11.3. The van der Waals surface area contributed by atoms with Gasteiger partial charge in [-0.15, -0.1) is 0 Å². The number of aliphatic hydroxyl groups excluding tert-OH is 1. The highest BCUT2D eigenvalue weighted by atomic mass is 16.4. The molecular weight excluding hydrogens is 288 g/mol. The minimum atomic E-state index is -0.706. The molecule has 0 spiro atoms. The molecule has 0 amide bonds. The summed E-state index contributed by atoms with van der Waals surface area (Å²) in [5.41, 5.74) is 0. The molecule has 132 valence electrons. The van der Waals surface area contributed by atoms with Gasteiger partial charge in [-0.2, -0.15) is 0 Å². The summed E-state index contributed by atoms with van der Waals surface area (Å²) in [6.07, 6.45) is 25.0. The van der Waals surface area contributed by atoms with Crippen LogP contribution < -0.4 is 0 Å². The number of rotatable bonds is 16. The summed E-state index contributed by atoms with van der Waals surface area (Å²) >= 11 is 0. The minimum absolute atomic E-state index is 0.275. The zero-order valence-electron chi connectivity index (χ0n) is 14.5. The van der Waals surface area contributed by atoms with E-state index in [-0.39, 0.29) is 6.42 Å². The molecule has 0 heterocycles. The normalized spacial score (nSPS) is 12.0. The predicted octanol–water partition coefficient (Wildman–Crippen LogP) is 5.41. The average Bonchev–Trinajstić information content (AvgIpc) is 2.53. The van der Waals surface area contributed by atoms with E-state index in [2.05, 4.69) is 30.4 Å². The highest BCUT2D eigenvalue weighted by Gasteiger charge is 1.93. The van der Waals surface area contributed by atoms with Crippen LogP contribution in [0.15, 0.2) is 36.5 Å². The van der Waals surface area contributed by atoms with Crippen LogP contribution in [-0.4, -0.2) is 22.8 Å². The van der Waals surface area contributed by atoms with Gasteiger partial charge in [0.05, 0.1) is 0 Å². The van der Waals surface area contributed by atoms with E-state index in [1.54, 1.807) is 0 Å². The molecule has 0 aliphatic heterocycles. The molecular formula is C20H34O3. The summed E-state index contributed by atoms with van der Waals surface area (Å²) in [7, 11) is 0. The van der Waals surface area contributed by atoms with E-state index >= 15 is 0 Å². The first-order valence-corrected chi connectivity index (χ1v) is 9.06. The predicted molar refractivity (Wildman–Crippen MR) is 97.5 cm³/mol. The van der Waals surface area contributed by atoms with Crippen LogP contribution in [0.25, 0.3) is 0 Å². The monoisotopic (exact) mass is 322 g/mol. The largest absolute Gasteiger partial charge is 0.481 e. The SMILES string of the molecule is O=C(O)CCCC/C=C/C=C/C/C=C/CCCCCCCCO. The molecule has 3 nitrogen and oxygen atoms in total. The summed E-state index contributed by atoms with van der Waals surface area (Å²) in [5, 5.41) is 17.2. The number of unbranched alkanes of at least 4 members (excludes halogenated alkanes) is 8. The lowest BCUT2D eigenvalue weighted by atomic mass is 10.1. The molecule has 23 heavy (non-hydrogen) atoms. The Labute approximate surface area is 141 Å². The molecule has 2 N–H and O–H groups in total. The maximum absolute atomic E-state index is 10.3. The topological polar surface area (TPSA) is 57.5 Å². The van der Waals surface area contributed by atoms with Gasteiger partial charge in [0.15, 0.2) is 0 Å². The number of aliphatic carboxylic acids is 1. The lowest BCUT2D eigenvalue weighted by molar-refractivity contribution is -0.137. The van der Waals surface area contributed by atoms with E-state index in [1.807, 2.05) is 6.08 Å². The Kier molecular flexibility index (Phi) is 17.6. The van der Waals surface area contributed by atoms with Gasteiger partial charge >= 0.3 is 5.97 Å². The van der Waals surface area contributed by atoms with Crippen LogP contribution in [0, 0.1) is 0 Å². The van der Waals surface area contributed by atoms with Crippen molar-refractivity contribution in [3.63, 3.8) is 0 Å². The van der Waals surface area contributed by atoms with Gasteiger partial charge in [-0.05, 0) is 44.9 Å². The quantitative estimate of drug-likeness (QED) is 0.227.